The van der Waals surface area contributed by atoms with E-state index in [2.05, 4.69) is 55.7 Å². The summed E-state index contributed by atoms with van der Waals surface area (Å²) in [5, 5.41) is 17.1. The highest BCUT2D eigenvalue weighted by atomic mass is 16.2. The van der Waals surface area contributed by atoms with E-state index in [1.807, 2.05) is 24.0 Å². The van der Waals surface area contributed by atoms with E-state index in [9.17, 15) is 4.79 Å². The number of fused-ring (bicyclic) bond motifs is 2. The summed E-state index contributed by atoms with van der Waals surface area (Å²) in [5.74, 6) is 1.59. The van der Waals surface area contributed by atoms with E-state index in [-0.39, 0.29) is 5.91 Å². The van der Waals surface area contributed by atoms with Gasteiger partial charge in [-0.1, -0.05) is 42.5 Å². The quantitative estimate of drug-likeness (QED) is 0.564. The van der Waals surface area contributed by atoms with E-state index in [1.54, 1.807) is 0 Å². The number of carbonyl (C=O) groups is 1. The molecule has 3 heterocycles. The number of nitrogens with one attached hydrogen (secondary N) is 2. The second kappa shape index (κ2) is 7.16. The zero-order valence-corrected chi connectivity index (χ0v) is 16.3. The normalized spacial score (nSPS) is 13.6. The van der Waals surface area contributed by atoms with E-state index in [0.717, 1.165) is 34.8 Å². The SMILES string of the molecule is Cc1nc(CCC(=O)N2CCc3[nH]nc(-c4cccc5ccccc45)c3C2)n[nH]1. The van der Waals surface area contributed by atoms with Crippen LogP contribution in [0.15, 0.2) is 42.5 Å². The summed E-state index contributed by atoms with van der Waals surface area (Å²) in [5.41, 5.74) is 4.29. The first kappa shape index (κ1) is 17.6. The molecule has 0 aliphatic carbocycles. The first-order valence-corrected chi connectivity index (χ1v) is 9.89. The van der Waals surface area contributed by atoms with Crippen LogP contribution in [-0.2, 0) is 24.2 Å². The molecule has 0 atom stereocenters. The van der Waals surface area contributed by atoms with E-state index in [0.29, 0.717) is 31.8 Å². The van der Waals surface area contributed by atoms with Gasteiger partial charge in [0.25, 0.3) is 0 Å². The van der Waals surface area contributed by atoms with Crippen molar-refractivity contribution in [2.75, 3.05) is 6.54 Å². The van der Waals surface area contributed by atoms with Gasteiger partial charge in [0.2, 0.25) is 5.91 Å². The first-order valence-electron chi connectivity index (χ1n) is 9.89. The molecule has 1 amide bonds. The van der Waals surface area contributed by atoms with Crippen molar-refractivity contribution in [1.29, 1.82) is 0 Å². The van der Waals surface area contributed by atoms with Crippen molar-refractivity contribution in [1.82, 2.24) is 30.3 Å². The summed E-state index contributed by atoms with van der Waals surface area (Å²) in [4.78, 5) is 19.0. The van der Waals surface area contributed by atoms with Gasteiger partial charge in [-0.25, -0.2) is 4.98 Å². The highest BCUT2D eigenvalue weighted by Gasteiger charge is 2.26. The van der Waals surface area contributed by atoms with Crippen LogP contribution in [0.25, 0.3) is 22.0 Å². The minimum atomic E-state index is 0.128. The molecule has 2 aromatic carbocycles. The van der Waals surface area contributed by atoms with Gasteiger partial charge in [0, 0.05) is 49.2 Å². The van der Waals surface area contributed by atoms with Crippen LogP contribution in [0.1, 0.15) is 29.3 Å². The van der Waals surface area contributed by atoms with Gasteiger partial charge in [-0.15, -0.1) is 0 Å². The number of aromatic nitrogens is 5. The fourth-order valence-corrected chi connectivity index (χ4v) is 4.04. The maximum absolute atomic E-state index is 12.8. The van der Waals surface area contributed by atoms with E-state index >= 15 is 0 Å². The Morgan fingerprint density at radius 3 is 2.83 bits per heavy atom. The van der Waals surface area contributed by atoms with Gasteiger partial charge in [-0.05, 0) is 17.7 Å². The number of amides is 1. The second-order valence-electron chi connectivity index (χ2n) is 7.46. The molecule has 1 aliphatic heterocycles. The Morgan fingerprint density at radius 1 is 1.10 bits per heavy atom. The molecular weight excluding hydrogens is 364 g/mol. The Kier molecular flexibility index (Phi) is 4.35. The maximum atomic E-state index is 12.8. The summed E-state index contributed by atoms with van der Waals surface area (Å²) in [7, 11) is 0. The van der Waals surface area contributed by atoms with Crippen LogP contribution >= 0.6 is 0 Å². The number of carbonyl (C=O) groups excluding carboxylic acids is 1. The smallest absolute Gasteiger partial charge is 0.223 e. The van der Waals surface area contributed by atoms with Crippen LogP contribution in [-0.4, -0.2) is 42.7 Å². The molecule has 0 unspecified atom stereocenters. The number of benzene rings is 2. The minimum Gasteiger partial charge on any atom is -0.338 e. The Bertz CT molecular complexity index is 1190. The number of hydrogen-bond acceptors (Lipinski definition) is 4. The summed E-state index contributed by atoms with van der Waals surface area (Å²) < 4.78 is 0. The molecule has 0 bridgehead atoms. The predicted molar refractivity (Wildman–Crippen MR) is 110 cm³/mol. The lowest BCUT2D eigenvalue weighted by Gasteiger charge is -2.27. The molecule has 0 saturated carbocycles. The number of H-pyrrole nitrogens is 2. The Hall–Kier alpha value is -3.48. The molecule has 2 aromatic heterocycles. The standard InChI is InChI=1S/C22H22N6O/c1-14-23-20(26-24-14)9-10-21(29)28-12-11-19-18(13-28)22(27-25-19)17-8-4-6-15-5-2-3-7-16(15)17/h2-8H,9-13H2,1H3,(H,25,27)(H,23,24,26). The van der Waals surface area contributed by atoms with Gasteiger partial charge < -0.3 is 4.90 Å². The summed E-state index contributed by atoms with van der Waals surface area (Å²) in [6.45, 7) is 3.14. The number of nitrogens with zero attached hydrogens (tertiary/aromatic N) is 4. The zero-order chi connectivity index (χ0) is 19.8. The Balaban J connectivity index is 1.39. The van der Waals surface area contributed by atoms with E-state index < -0.39 is 0 Å². The topological polar surface area (TPSA) is 90.6 Å². The molecule has 146 valence electrons. The van der Waals surface area contributed by atoms with Crippen LogP contribution in [0.4, 0.5) is 0 Å². The van der Waals surface area contributed by atoms with Crippen molar-refractivity contribution in [3.63, 3.8) is 0 Å². The lowest BCUT2D eigenvalue weighted by atomic mass is 9.96. The number of rotatable bonds is 4. The highest BCUT2D eigenvalue weighted by Crippen LogP contribution is 2.33. The highest BCUT2D eigenvalue weighted by molar-refractivity contribution is 5.96. The molecule has 2 N–H and O–H groups in total. The lowest BCUT2D eigenvalue weighted by molar-refractivity contribution is -0.132. The molecular formula is C22H22N6O. The van der Waals surface area contributed by atoms with Crippen molar-refractivity contribution in [3.05, 3.63) is 65.4 Å². The third-order valence-electron chi connectivity index (χ3n) is 5.54. The second-order valence-corrected chi connectivity index (χ2v) is 7.46. The van der Waals surface area contributed by atoms with E-state index in [4.69, 9.17) is 0 Å². The van der Waals surface area contributed by atoms with Crippen molar-refractivity contribution in [2.45, 2.75) is 32.7 Å². The third-order valence-corrected chi connectivity index (χ3v) is 5.54. The number of hydrogen-bond donors (Lipinski definition) is 2. The van der Waals surface area contributed by atoms with Gasteiger partial charge in [-0.3, -0.25) is 15.0 Å². The van der Waals surface area contributed by atoms with Crippen LogP contribution in [0.2, 0.25) is 0 Å². The maximum Gasteiger partial charge on any atom is 0.223 e. The fourth-order valence-electron chi connectivity index (χ4n) is 4.04. The average Bonchev–Trinajstić information content (AvgIpc) is 3.37. The summed E-state index contributed by atoms with van der Waals surface area (Å²) in [6, 6.07) is 14.6. The molecule has 4 aromatic rings. The molecule has 0 spiro atoms. The molecule has 29 heavy (non-hydrogen) atoms. The molecule has 0 radical (unpaired) electrons. The van der Waals surface area contributed by atoms with Crippen molar-refractivity contribution in [2.24, 2.45) is 0 Å². The molecule has 1 aliphatic rings. The molecule has 0 saturated heterocycles. The minimum absolute atomic E-state index is 0.128. The molecule has 5 rings (SSSR count). The van der Waals surface area contributed by atoms with Gasteiger partial charge in [0.15, 0.2) is 5.82 Å². The largest absolute Gasteiger partial charge is 0.338 e. The van der Waals surface area contributed by atoms with Crippen LogP contribution < -0.4 is 0 Å². The van der Waals surface area contributed by atoms with Crippen molar-refractivity contribution in [3.8, 4) is 11.3 Å². The summed E-state index contributed by atoms with van der Waals surface area (Å²) >= 11 is 0. The Labute approximate surface area is 168 Å². The van der Waals surface area contributed by atoms with Crippen LogP contribution in [0.3, 0.4) is 0 Å². The van der Waals surface area contributed by atoms with Crippen LogP contribution in [0.5, 0.6) is 0 Å². The van der Waals surface area contributed by atoms with Gasteiger partial charge in [-0.2, -0.15) is 10.2 Å². The van der Waals surface area contributed by atoms with Gasteiger partial charge in [0.05, 0.1) is 5.69 Å². The zero-order valence-electron chi connectivity index (χ0n) is 16.3. The number of aryl methyl sites for hydroxylation is 2. The van der Waals surface area contributed by atoms with Gasteiger partial charge in [0.1, 0.15) is 5.82 Å². The predicted octanol–water partition coefficient (Wildman–Crippen LogP) is 3.17. The first-order chi connectivity index (χ1) is 14.2. The monoisotopic (exact) mass is 386 g/mol. The lowest BCUT2D eigenvalue weighted by Crippen LogP contribution is -2.36. The van der Waals surface area contributed by atoms with Gasteiger partial charge >= 0.3 is 0 Å². The Morgan fingerprint density at radius 2 is 1.97 bits per heavy atom. The fraction of sp³-hybridized carbons (Fsp3) is 0.273. The number of aromatic amines is 2. The summed E-state index contributed by atoms with van der Waals surface area (Å²) in [6.07, 6.45) is 1.75. The molecule has 7 heteroatoms. The van der Waals surface area contributed by atoms with Crippen molar-refractivity contribution < 1.29 is 4.79 Å². The average molecular weight is 386 g/mol. The van der Waals surface area contributed by atoms with E-state index in [1.165, 1.54) is 10.8 Å². The third kappa shape index (κ3) is 3.29. The van der Waals surface area contributed by atoms with Crippen LogP contribution in [0, 0.1) is 6.92 Å². The molecule has 7 nitrogen and oxygen atoms in total. The molecule has 0 fully saturated rings. The van der Waals surface area contributed by atoms with Crippen molar-refractivity contribution >= 4 is 16.7 Å².